The van der Waals surface area contributed by atoms with Crippen molar-refractivity contribution in [3.63, 3.8) is 0 Å². The second-order valence-corrected chi connectivity index (χ2v) is 2.93. The first-order valence-electron chi connectivity index (χ1n) is 3.37. The summed E-state index contributed by atoms with van der Waals surface area (Å²) in [7, 11) is 0. The Labute approximate surface area is 79.7 Å². The second kappa shape index (κ2) is 3.83. The molecule has 0 aliphatic rings. The summed E-state index contributed by atoms with van der Waals surface area (Å²) in [5, 5.41) is 7.54. The van der Waals surface area contributed by atoms with Gasteiger partial charge in [-0.2, -0.15) is 0 Å². The van der Waals surface area contributed by atoms with E-state index < -0.39 is 0 Å². The SMILES string of the molecule is CCC(=O)c1nnc(Cl)cc1Cl. The normalized spacial score (nSPS) is 9.92. The molecule has 0 unspecified atom stereocenters. The van der Waals surface area contributed by atoms with Crippen LogP contribution in [0.15, 0.2) is 6.07 Å². The number of rotatable bonds is 2. The molecule has 5 heteroatoms. The molecule has 0 saturated heterocycles. The Morgan fingerprint density at radius 2 is 2.17 bits per heavy atom. The Morgan fingerprint density at radius 3 is 2.67 bits per heavy atom. The number of carbonyl (C=O) groups is 1. The molecular formula is C7H6Cl2N2O. The number of hydrogen-bond donors (Lipinski definition) is 0. The maximum atomic E-state index is 11.1. The minimum atomic E-state index is -0.135. The minimum Gasteiger partial charge on any atom is -0.292 e. The summed E-state index contributed by atoms with van der Waals surface area (Å²) in [6, 6.07) is 1.40. The van der Waals surface area contributed by atoms with Crippen molar-refractivity contribution in [2.45, 2.75) is 13.3 Å². The van der Waals surface area contributed by atoms with Crippen LogP contribution in [0.3, 0.4) is 0 Å². The highest BCUT2D eigenvalue weighted by atomic mass is 35.5. The number of ketones is 1. The van der Waals surface area contributed by atoms with Crippen molar-refractivity contribution >= 4 is 29.0 Å². The van der Waals surface area contributed by atoms with E-state index in [-0.39, 0.29) is 21.7 Å². The van der Waals surface area contributed by atoms with Gasteiger partial charge in [-0.05, 0) is 6.07 Å². The van der Waals surface area contributed by atoms with Gasteiger partial charge in [0.2, 0.25) is 0 Å². The highest BCUT2D eigenvalue weighted by Gasteiger charge is 2.10. The number of hydrogen-bond acceptors (Lipinski definition) is 3. The van der Waals surface area contributed by atoms with E-state index in [9.17, 15) is 4.79 Å². The van der Waals surface area contributed by atoms with E-state index in [0.717, 1.165) is 0 Å². The zero-order chi connectivity index (χ0) is 9.14. The van der Waals surface area contributed by atoms with Crippen molar-refractivity contribution in [2.75, 3.05) is 0 Å². The number of aromatic nitrogens is 2. The summed E-state index contributed by atoms with van der Waals surface area (Å²) in [6.07, 6.45) is 0.357. The van der Waals surface area contributed by atoms with Crippen LogP contribution in [0.5, 0.6) is 0 Å². The standard InChI is InChI=1S/C7H6Cl2N2O/c1-2-5(12)7-4(8)3-6(9)10-11-7/h3H,2H2,1H3. The van der Waals surface area contributed by atoms with Crippen LogP contribution in [0, 0.1) is 0 Å². The van der Waals surface area contributed by atoms with Crippen LogP contribution in [0.25, 0.3) is 0 Å². The predicted octanol–water partition coefficient (Wildman–Crippen LogP) is 2.38. The molecule has 0 bridgehead atoms. The molecule has 0 atom stereocenters. The number of nitrogens with zero attached hydrogens (tertiary/aromatic N) is 2. The molecular weight excluding hydrogens is 199 g/mol. The Hall–Kier alpha value is -0.670. The molecule has 1 rings (SSSR count). The topological polar surface area (TPSA) is 42.9 Å². The first-order chi connectivity index (χ1) is 5.65. The van der Waals surface area contributed by atoms with Crippen LogP contribution in [0.1, 0.15) is 23.8 Å². The van der Waals surface area contributed by atoms with Gasteiger partial charge in [0.05, 0.1) is 5.02 Å². The van der Waals surface area contributed by atoms with Crippen molar-refractivity contribution in [3.8, 4) is 0 Å². The van der Waals surface area contributed by atoms with Crippen LogP contribution in [-0.4, -0.2) is 16.0 Å². The first-order valence-corrected chi connectivity index (χ1v) is 4.12. The van der Waals surface area contributed by atoms with Gasteiger partial charge in [-0.15, -0.1) is 10.2 Å². The van der Waals surface area contributed by atoms with E-state index >= 15 is 0 Å². The third-order valence-electron chi connectivity index (χ3n) is 1.30. The smallest absolute Gasteiger partial charge is 0.184 e. The lowest BCUT2D eigenvalue weighted by atomic mass is 10.2. The van der Waals surface area contributed by atoms with Crippen molar-refractivity contribution in [1.82, 2.24) is 10.2 Å². The molecule has 3 nitrogen and oxygen atoms in total. The summed E-state index contributed by atoms with van der Waals surface area (Å²) >= 11 is 11.2. The van der Waals surface area contributed by atoms with E-state index in [1.54, 1.807) is 6.92 Å². The average Bonchev–Trinajstić information content (AvgIpc) is 2.03. The summed E-state index contributed by atoms with van der Waals surface area (Å²) in [4.78, 5) is 11.1. The average molecular weight is 205 g/mol. The Bertz CT molecular complexity index is 314. The van der Waals surface area contributed by atoms with E-state index in [4.69, 9.17) is 23.2 Å². The van der Waals surface area contributed by atoms with Gasteiger partial charge in [-0.1, -0.05) is 30.1 Å². The van der Waals surface area contributed by atoms with Crippen LogP contribution in [0.2, 0.25) is 10.2 Å². The molecule has 0 fully saturated rings. The summed E-state index contributed by atoms with van der Waals surface area (Å²) < 4.78 is 0. The van der Waals surface area contributed by atoms with Crippen LogP contribution in [-0.2, 0) is 0 Å². The van der Waals surface area contributed by atoms with E-state index in [1.165, 1.54) is 6.07 Å². The Kier molecular flexibility index (Phi) is 3.00. The van der Waals surface area contributed by atoms with Crippen LogP contribution in [0.4, 0.5) is 0 Å². The fraction of sp³-hybridized carbons (Fsp3) is 0.286. The van der Waals surface area contributed by atoms with Crippen molar-refractivity contribution in [1.29, 1.82) is 0 Å². The molecule has 0 aromatic carbocycles. The van der Waals surface area contributed by atoms with Crippen molar-refractivity contribution in [2.24, 2.45) is 0 Å². The summed E-state index contributed by atoms with van der Waals surface area (Å²) in [6.45, 7) is 1.73. The third kappa shape index (κ3) is 1.93. The lowest BCUT2D eigenvalue weighted by Gasteiger charge is -1.98. The predicted molar refractivity (Wildman–Crippen MR) is 46.7 cm³/mol. The number of halogens is 2. The van der Waals surface area contributed by atoms with Gasteiger partial charge in [0.1, 0.15) is 5.69 Å². The van der Waals surface area contributed by atoms with Gasteiger partial charge in [0, 0.05) is 6.42 Å². The fourth-order valence-electron chi connectivity index (χ4n) is 0.704. The Morgan fingerprint density at radius 1 is 1.50 bits per heavy atom. The van der Waals surface area contributed by atoms with Gasteiger partial charge in [-0.3, -0.25) is 4.79 Å². The molecule has 0 aliphatic carbocycles. The lowest BCUT2D eigenvalue weighted by molar-refractivity contribution is 0.0982. The molecule has 0 N–H and O–H groups in total. The summed E-state index contributed by atoms with van der Waals surface area (Å²) in [5.41, 5.74) is 0.184. The van der Waals surface area contributed by atoms with E-state index in [1.807, 2.05) is 0 Å². The quantitative estimate of drug-likeness (QED) is 0.696. The van der Waals surface area contributed by atoms with Gasteiger partial charge < -0.3 is 0 Å². The molecule has 0 saturated carbocycles. The van der Waals surface area contributed by atoms with Crippen molar-refractivity contribution < 1.29 is 4.79 Å². The molecule has 64 valence electrons. The van der Waals surface area contributed by atoms with Gasteiger partial charge >= 0.3 is 0 Å². The maximum absolute atomic E-state index is 11.1. The molecule has 1 aromatic rings. The molecule has 0 radical (unpaired) electrons. The zero-order valence-electron chi connectivity index (χ0n) is 6.34. The molecule has 0 spiro atoms. The van der Waals surface area contributed by atoms with Gasteiger partial charge in [0.25, 0.3) is 0 Å². The molecule has 0 amide bonds. The van der Waals surface area contributed by atoms with Crippen LogP contribution < -0.4 is 0 Å². The monoisotopic (exact) mass is 204 g/mol. The van der Waals surface area contributed by atoms with Gasteiger partial charge in [-0.25, -0.2) is 0 Å². The second-order valence-electron chi connectivity index (χ2n) is 2.14. The van der Waals surface area contributed by atoms with Crippen molar-refractivity contribution in [3.05, 3.63) is 21.9 Å². The minimum absolute atomic E-state index is 0.135. The molecule has 1 aromatic heterocycles. The zero-order valence-corrected chi connectivity index (χ0v) is 7.85. The van der Waals surface area contributed by atoms with Gasteiger partial charge in [0.15, 0.2) is 10.9 Å². The summed E-state index contributed by atoms with van der Waals surface area (Å²) in [5.74, 6) is -0.135. The first kappa shape index (κ1) is 9.42. The largest absolute Gasteiger partial charge is 0.292 e. The lowest BCUT2D eigenvalue weighted by Crippen LogP contribution is -2.02. The van der Waals surface area contributed by atoms with E-state index in [0.29, 0.717) is 6.42 Å². The Balaban J connectivity index is 3.09. The third-order valence-corrected chi connectivity index (χ3v) is 1.78. The molecule has 12 heavy (non-hydrogen) atoms. The number of Topliss-reactive ketones (excluding diaryl/α,β-unsaturated/α-hetero) is 1. The van der Waals surface area contributed by atoms with Crippen LogP contribution >= 0.6 is 23.2 Å². The maximum Gasteiger partial charge on any atom is 0.184 e. The molecule has 0 aliphatic heterocycles. The fourth-order valence-corrected chi connectivity index (χ4v) is 1.15. The highest BCUT2D eigenvalue weighted by molar-refractivity contribution is 6.35. The highest BCUT2D eigenvalue weighted by Crippen LogP contribution is 2.17. The molecule has 1 heterocycles. The van der Waals surface area contributed by atoms with E-state index in [2.05, 4.69) is 10.2 Å². The number of carbonyl (C=O) groups excluding carboxylic acids is 1.